The molecule has 0 unspecified atom stereocenters. The van der Waals surface area contributed by atoms with Crippen LogP contribution in [0.25, 0.3) is 0 Å². The average molecular weight is 982 g/mol. The molecule has 354 valence electrons. The van der Waals surface area contributed by atoms with E-state index in [1.54, 1.807) is 13.8 Å². The van der Waals surface area contributed by atoms with Gasteiger partial charge in [0.1, 0.15) is 0 Å². The van der Waals surface area contributed by atoms with E-state index in [1.807, 2.05) is 0 Å². The second-order valence-corrected chi connectivity index (χ2v) is 15.1. The first kappa shape index (κ1) is 74.4. The number of carbonyl (C=O) groups is 4. The zero-order chi connectivity index (χ0) is 48.9. The molecule has 10 nitrogen and oxygen atoms in total. The van der Waals surface area contributed by atoms with E-state index in [0.29, 0.717) is 0 Å². The minimum atomic E-state index is -4.96. The molecule has 0 N–H and O–H groups in total. The Labute approximate surface area is 362 Å². The van der Waals surface area contributed by atoms with Crippen molar-refractivity contribution in [2.24, 2.45) is 21.7 Å². The van der Waals surface area contributed by atoms with E-state index in [4.69, 9.17) is 10.2 Å². The first-order chi connectivity index (χ1) is 25.0. The maximum Gasteiger partial charge on any atom is 3.00 e. The summed E-state index contributed by atoms with van der Waals surface area (Å²) < 4.78 is 140. The standard InChI is InChI=1S/4C8H11F3O2.2C2H5O.2Fe/c4*1-7(2,3)5(12)4-6(13)8(9,10)11;2*1-2-3;;/h4*4,13H,1-3H3;2*2H2,1H3;;/q;;;;2*-1;2*+3/p-4/b4*6-4-;;;;. The van der Waals surface area contributed by atoms with Gasteiger partial charge in [-0.1, -0.05) is 96.9 Å². The molecule has 0 aliphatic heterocycles. The van der Waals surface area contributed by atoms with Crippen molar-refractivity contribution < 1.29 is 137 Å². The van der Waals surface area contributed by atoms with Gasteiger partial charge in [0.2, 0.25) is 0 Å². The number of halogens is 12. The summed E-state index contributed by atoms with van der Waals surface area (Å²) in [5.74, 6) is -11.7. The molecule has 0 aliphatic carbocycles. The van der Waals surface area contributed by atoms with Crippen molar-refractivity contribution in [1.29, 1.82) is 0 Å². The predicted octanol–water partition coefficient (Wildman–Crippen LogP) is 4.36. The van der Waals surface area contributed by atoms with Crippen molar-refractivity contribution in [2.45, 2.75) is 122 Å². The van der Waals surface area contributed by atoms with Crippen LogP contribution in [0.2, 0.25) is 0 Å². The number of allylic oxidation sites excluding steroid dienone is 8. The largest absolute Gasteiger partial charge is 3.00 e. The smallest absolute Gasteiger partial charge is 0.869 e. The van der Waals surface area contributed by atoms with E-state index in [0.717, 1.165) is 0 Å². The molecule has 0 rings (SSSR count). The molecule has 24 heteroatoms. The Balaban J connectivity index is -0.0000000946. The van der Waals surface area contributed by atoms with Crippen LogP contribution in [0.15, 0.2) is 47.3 Å². The molecule has 0 saturated carbocycles. The molecule has 0 amide bonds. The fourth-order valence-electron chi connectivity index (χ4n) is 1.67. The normalized spacial score (nSPS) is 13.1. The van der Waals surface area contributed by atoms with Gasteiger partial charge < -0.3 is 30.6 Å². The van der Waals surface area contributed by atoms with Gasteiger partial charge in [-0.05, 0) is 47.3 Å². The second kappa shape index (κ2) is 30.1. The van der Waals surface area contributed by atoms with Crippen molar-refractivity contribution in [3.8, 4) is 0 Å². The fraction of sp³-hybridized carbons (Fsp3) is 0.667. The predicted molar refractivity (Wildman–Crippen MR) is 175 cm³/mol. The molecule has 0 aliphatic rings. The third-order valence-corrected chi connectivity index (χ3v) is 5.12. The van der Waals surface area contributed by atoms with Gasteiger partial charge in [0.25, 0.3) is 0 Å². The number of rotatable bonds is 4. The van der Waals surface area contributed by atoms with Crippen molar-refractivity contribution in [1.82, 2.24) is 0 Å². The Morgan fingerprint density at radius 2 is 0.433 bits per heavy atom. The first-order valence-corrected chi connectivity index (χ1v) is 16.2. The molecule has 60 heavy (non-hydrogen) atoms. The van der Waals surface area contributed by atoms with E-state index >= 15 is 0 Å². The number of hydrogen-bond donors (Lipinski definition) is 0. The second-order valence-electron chi connectivity index (χ2n) is 15.1. The molecule has 0 aromatic carbocycles. The van der Waals surface area contributed by atoms with Gasteiger partial charge in [0.05, 0.1) is 0 Å². The van der Waals surface area contributed by atoms with E-state index in [-0.39, 0.29) is 71.7 Å². The summed E-state index contributed by atoms with van der Waals surface area (Å²) in [6.45, 7) is 20.4. The molecule has 0 aromatic rings. The third kappa shape index (κ3) is 43.1. The fourth-order valence-corrected chi connectivity index (χ4v) is 1.67. The van der Waals surface area contributed by atoms with Gasteiger partial charge in [-0.3, -0.25) is 19.2 Å². The minimum Gasteiger partial charge on any atom is -0.869 e. The van der Waals surface area contributed by atoms with Crippen LogP contribution in [0.5, 0.6) is 0 Å². The van der Waals surface area contributed by atoms with Crippen molar-refractivity contribution in [3.05, 3.63) is 47.3 Å². The Morgan fingerprint density at radius 1 is 0.350 bits per heavy atom. The molecule has 0 spiro atoms. The van der Waals surface area contributed by atoms with Crippen LogP contribution in [-0.4, -0.2) is 61.1 Å². The molecule has 0 atom stereocenters. The van der Waals surface area contributed by atoms with Crippen LogP contribution in [0.1, 0.15) is 96.9 Å². The summed E-state index contributed by atoms with van der Waals surface area (Å²) in [4.78, 5) is 43.8. The van der Waals surface area contributed by atoms with E-state index < -0.39 is 92.5 Å². The summed E-state index contributed by atoms with van der Waals surface area (Å²) >= 11 is 0. The minimum absolute atomic E-state index is 0. The summed E-state index contributed by atoms with van der Waals surface area (Å²) in [7, 11) is 0. The maximum absolute atomic E-state index is 11.7. The molecular weight excluding hydrogens is 932 g/mol. The molecule has 0 bridgehead atoms. The van der Waals surface area contributed by atoms with Gasteiger partial charge in [-0.25, -0.2) is 0 Å². The van der Waals surface area contributed by atoms with Crippen LogP contribution in [-0.2, 0) is 53.3 Å². The van der Waals surface area contributed by atoms with Gasteiger partial charge in [-0.2, -0.15) is 52.7 Å². The molecule has 0 saturated heterocycles. The van der Waals surface area contributed by atoms with Crippen molar-refractivity contribution in [2.75, 3.05) is 13.2 Å². The topological polar surface area (TPSA) is 207 Å². The van der Waals surface area contributed by atoms with Crippen LogP contribution < -0.4 is 30.6 Å². The number of ketones is 4. The first-order valence-electron chi connectivity index (χ1n) is 16.2. The quantitative estimate of drug-likeness (QED) is 0.168. The van der Waals surface area contributed by atoms with E-state index in [1.165, 1.54) is 83.1 Å². The van der Waals surface area contributed by atoms with Gasteiger partial charge >= 0.3 is 58.8 Å². The zero-order valence-corrected chi connectivity index (χ0v) is 37.3. The zero-order valence-electron chi connectivity index (χ0n) is 35.0. The Kier molecular flexibility index (Phi) is 37.3. The SMILES string of the molecule is CC(C)(C)C(=O)/C=C(\[O-])C(F)(F)F.CC(C)(C)C(=O)/C=C(\[O-])C(F)(F)F.CC(C)(C)C(=O)/C=C(\[O-])C(F)(F)F.CC(C)(C)C(=O)/C=C(\[O-])C(F)(F)F.CC[O-].CC[O-].[Fe+3].[Fe+3]. The molecular formula is C36H50F12Fe2O10. The third-order valence-electron chi connectivity index (χ3n) is 5.12. The van der Waals surface area contributed by atoms with Gasteiger partial charge in [0, 0.05) is 21.7 Å². The molecule has 0 aromatic heterocycles. The number of hydrogen-bond acceptors (Lipinski definition) is 10. The van der Waals surface area contributed by atoms with Crippen molar-refractivity contribution >= 4 is 23.1 Å². The molecule has 0 heterocycles. The molecule has 0 fully saturated rings. The Bertz CT molecular complexity index is 1190. The summed E-state index contributed by atoms with van der Waals surface area (Å²) in [6.07, 6.45) is -19.4. The molecule has 2 radical (unpaired) electrons. The number of alkyl halides is 12. The van der Waals surface area contributed by atoms with Crippen LogP contribution >= 0.6 is 0 Å². The maximum atomic E-state index is 11.7. The average Bonchev–Trinajstić information content (AvgIpc) is 2.95. The van der Waals surface area contributed by atoms with Crippen LogP contribution in [0.3, 0.4) is 0 Å². The van der Waals surface area contributed by atoms with E-state index in [2.05, 4.69) is 0 Å². The summed E-state index contributed by atoms with van der Waals surface area (Å²) in [5.41, 5.74) is -3.83. The van der Waals surface area contributed by atoms with E-state index in [9.17, 15) is 92.3 Å². The van der Waals surface area contributed by atoms with Crippen LogP contribution in [0, 0.1) is 21.7 Å². The van der Waals surface area contributed by atoms with Crippen molar-refractivity contribution in [3.63, 3.8) is 0 Å². The van der Waals surface area contributed by atoms with Crippen LogP contribution in [0.4, 0.5) is 52.7 Å². The van der Waals surface area contributed by atoms with Gasteiger partial charge in [-0.15, -0.1) is 13.2 Å². The number of carbonyl (C=O) groups excluding carboxylic acids is 4. The summed E-state index contributed by atoms with van der Waals surface area (Å²) in [6, 6.07) is 0. The monoisotopic (exact) mass is 982 g/mol. The Hall–Kier alpha value is -3.04. The Morgan fingerprint density at radius 3 is 0.483 bits per heavy atom. The van der Waals surface area contributed by atoms with Gasteiger partial charge in [0.15, 0.2) is 23.1 Å². The summed E-state index contributed by atoms with van der Waals surface area (Å²) in [5, 5.41) is 59.1.